The molecule has 1 N–H and O–H groups in total. The van der Waals surface area contributed by atoms with Crippen molar-refractivity contribution in [2.24, 2.45) is 0 Å². The van der Waals surface area contributed by atoms with Crippen LogP contribution in [0, 0.1) is 0 Å². The van der Waals surface area contributed by atoms with Gasteiger partial charge in [-0.05, 0) is 53.6 Å². The first-order valence-electron chi connectivity index (χ1n) is 10.7. The van der Waals surface area contributed by atoms with Gasteiger partial charge in [0.25, 0.3) is 5.91 Å². The lowest BCUT2D eigenvalue weighted by Gasteiger charge is -2.17. The summed E-state index contributed by atoms with van der Waals surface area (Å²) in [6.45, 7) is 0.375. The highest BCUT2D eigenvalue weighted by Crippen LogP contribution is 2.34. The fraction of sp³-hybridized carbons (Fsp3) is 0.154. The Labute approximate surface area is 197 Å². The average Bonchev–Trinajstić information content (AvgIpc) is 3.37. The standard InChI is InChI=1S/C26H18F3NO5/c27-26(28,29)17-4-6-18(7-5-17)30-12-22-15(2-1-3-21(22)25(30)33)13-34-19-8-9-20-16(10-24(31)32)14-35-23(20)11-19/h1-9,11,14H,10,12-13H2,(H,31,32). The predicted octanol–water partition coefficient (Wildman–Crippen LogP) is 5.82. The second kappa shape index (κ2) is 8.50. The number of halogens is 3. The Morgan fingerprint density at radius 2 is 1.83 bits per heavy atom. The molecular formula is C26H18F3NO5. The molecule has 178 valence electrons. The first kappa shape index (κ1) is 22.5. The Hall–Kier alpha value is -4.27. The van der Waals surface area contributed by atoms with Crippen molar-refractivity contribution >= 4 is 28.5 Å². The number of rotatable bonds is 6. The molecule has 2 heterocycles. The van der Waals surface area contributed by atoms with Gasteiger partial charge in [-0.15, -0.1) is 0 Å². The molecule has 5 rings (SSSR count). The van der Waals surface area contributed by atoms with Crippen LogP contribution in [0.4, 0.5) is 18.9 Å². The molecule has 0 fully saturated rings. The Morgan fingerprint density at radius 3 is 2.54 bits per heavy atom. The van der Waals surface area contributed by atoms with Crippen LogP contribution >= 0.6 is 0 Å². The Morgan fingerprint density at radius 1 is 1.06 bits per heavy atom. The maximum Gasteiger partial charge on any atom is 0.416 e. The number of hydrogen-bond acceptors (Lipinski definition) is 4. The van der Waals surface area contributed by atoms with Crippen molar-refractivity contribution in [1.29, 1.82) is 0 Å². The minimum atomic E-state index is -4.45. The van der Waals surface area contributed by atoms with E-state index in [1.54, 1.807) is 30.3 Å². The number of nitrogens with zero attached hydrogens (tertiary/aromatic N) is 1. The van der Waals surface area contributed by atoms with E-state index in [4.69, 9.17) is 14.3 Å². The second-order valence-electron chi connectivity index (χ2n) is 8.16. The van der Waals surface area contributed by atoms with Gasteiger partial charge in [0.1, 0.15) is 17.9 Å². The number of benzene rings is 3. The number of fused-ring (bicyclic) bond motifs is 2. The van der Waals surface area contributed by atoms with E-state index < -0.39 is 17.7 Å². The molecule has 1 aromatic heterocycles. The summed E-state index contributed by atoms with van der Waals surface area (Å²) in [4.78, 5) is 25.4. The number of carboxylic acid groups (broad SMARTS) is 1. The zero-order valence-electron chi connectivity index (χ0n) is 18.1. The fourth-order valence-electron chi connectivity index (χ4n) is 4.19. The van der Waals surface area contributed by atoms with E-state index in [0.717, 1.165) is 23.3 Å². The topological polar surface area (TPSA) is 80.0 Å². The molecule has 35 heavy (non-hydrogen) atoms. The lowest BCUT2D eigenvalue weighted by atomic mass is 10.0. The molecule has 1 aliphatic rings. The molecule has 6 nitrogen and oxygen atoms in total. The summed E-state index contributed by atoms with van der Waals surface area (Å²) >= 11 is 0. The minimum absolute atomic E-state index is 0.146. The van der Waals surface area contributed by atoms with E-state index in [1.807, 2.05) is 6.07 Å². The van der Waals surface area contributed by atoms with Gasteiger partial charge in [0.2, 0.25) is 0 Å². The first-order chi connectivity index (χ1) is 16.7. The number of amides is 1. The van der Waals surface area contributed by atoms with Crippen LogP contribution in [-0.4, -0.2) is 17.0 Å². The van der Waals surface area contributed by atoms with E-state index in [0.29, 0.717) is 33.5 Å². The normalized spacial score (nSPS) is 13.3. The van der Waals surface area contributed by atoms with E-state index in [2.05, 4.69) is 0 Å². The summed E-state index contributed by atoms with van der Waals surface area (Å²) in [6, 6.07) is 14.9. The van der Waals surface area contributed by atoms with Crippen molar-refractivity contribution in [2.45, 2.75) is 25.7 Å². The predicted molar refractivity (Wildman–Crippen MR) is 120 cm³/mol. The molecule has 3 aromatic carbocycles. The van der Waals surface area contributed by atoms with Crippen LogP contribution in [0.1, 0.15) is 32.6 Å². The largest absolute Gasteiger partial charge is 0.489 e. The van der Waals surface area contributed by atoms with Crippen LogP contribution in [-0.2, 0) is 30.5 Å². The number of anilines is 1. The maximum atomic E-state index is 12.9. The number of aliphatic carboxylic acids is 1. The van der Waals surface area contributed by atoms with Crippen LogP contribution in [0.25, 0.3) is 11.0 Å². The molecule has 4 aromatic rings. The van der Waals surface area contributed by atoms with Crippen molar-refractivity contribution in [3.63, 3.8) is 0 Å². The summed E-state index contributed by atoms with van der Waals surface area (Å²) in [6.07, 6.45) is -3.18. The van der Waals surface area contributed by atoms with Crippen LogP contribution in [0.15, 0.2) is 71.3 Å². The van der Waals surface area contributed by atoms with Crippen molar-refractivity contribution in [2.75, 3.05) is 4.90 Å². The number of carbonyl (C=O) groups is 2. The molecule has 9 heteroatoms. The summed E-state index contributed by atoms with van der Waals surface area (Å²) in [7, 11) is 0. The molecule has 0 saturated carbocycles. The van der Waals surface area contributed by atoms with Gasteiger partial charge in [0.15, 0.2) is 0 Å². The quantitative estimate of drug-likeness (QED) is 0.376. The van der Waals surface area contributed by atoms with E-state index in [1.165, 1.54) is 23.3 Å². The number of alkyl halides is 3. The summed E-state index contributed by atoms with van der Waals surface area (Å²) < 4.78 is 50.0. The molecule has 1 amide bonds. The van der Waals surface area contributed by atoms with Gasteiger partial charge in [-0.1, -0.05) is 12.1 Å². The zero-order valence-corrected chi connectivity index (χ0v) is 18.1. The molecule has 0 atom stereocenters. The van der Waals surface area contributed by atoms with Crippen LogP contribution < -0.4 is 9.64 Å². The number of carbonyl (C=O) groups excluding carboxylic acids is 1. The minimum Gasteiger partial charge on any atom is -0.489 e. The maximum absolute atomic E-state index is 12.9. The highest BCUT2D eigenvalue weighted by molar-refractivity contribution is 6.10. The van der Waals surface area contributed by atoms with Gasteiger partial charge in [-0.2, -0.15) is 13.2 Å². The SMILES string of the molecule is O=C(O)Cc1coc2cc(OCc3cccc4c3CN(c3ccc(C(F)(F)F)cc3)C4=O)ccc12. The van der Waals surface area contributed by atoms with Gasteiger partial charge in [0.05, 0.1) is 24.8 Å². The molecular weight excluding hydrogens is 463 g/mol. The number of hydrogen-bond donors (Lipinski definition) is 1. The van der Waals surface area contributed by atoms with Gasteiger partial charge < -0.3 is 19.2 Å². The van der Waals surface area contributed by atoms with Gasteiger partial charge >= 0.3 is 12.1 Å². The number of furan rings is 1. The fourth-order valence-corrected chi connectivity index (χ4v) is 4.19. The Balaban J connectivity index is 1.34. The smallest absolute Gasteiger partial charge is 0.416 e. The van der Waals surface area contributed by atoms with E-state index in [9.17, 15) is 22.8 Å². The van der Waals surface area contributed by atoms with Crippen LogP contribution in [0.2, 0.25) is 0 Å². The van der Waals surface area contributed by atoms with Crippen LogP contribution in [0.3, 0.4) is 0 Å². The first-order valence-corrected chi connectivity index (χ1v) is 10.7. The molecule has 0 aliphatic carbocycles. The van der Waals surface area contributed by atoms with Crippen molar-refractivity contribution in [3.8, 4) is 5.75 Å². The number of carboxylic acids is 1. The zero-order chi connectivity index (χ0) is 24.7. The molecule has 0 unspecified atom stereocenters. The Kier molecular flexibility index (Phi) is 5.47. The monoisotopic (exact) mass is 481 g/mol. The molecule has 0 spiro atoms. The molecule has 0 saturated heterocycles. The lowest BCUT2D eigenvalue weighted by molar-refractivity contribution is -0.138. The van der Waals surface area contributed by atoms with Gasteiger partial charge in [0, 0.05) is 28.3 Å². The Bertz CT molecular complexity index is 1440. The highest BCUT2D eigenvalue weighted by Gasteiger charge is 2.33. The number of ether oxygens (including phenoxy) is 1. The van der Waals surface area contributed by atoms with E-state index in [-0.39, 0.29) is 25.5 Å². The van der Waals surface area contributed by atoms with Crippen molar-refractivity contribution in [1.82, 2.24) is 0 Å². The van der Waals surface area contributed by atoms with Crippen LogP contribution in [0.5, 0.6) is 5.75 Å². The van der Waals surface area contributed by atoms with Gasteiger partial charge in [-0.25, -0.2) is 0 Å². The molecule has 0 bridgehead atoms. The average molecular weight is 481 g/mol. The van der Waals surface area contributed by atoms with Crippen molar-refractivity contribution in [3.05, 3.63) is 94.7 Å². The third kappa shape index (κ3) is 4.32. The third-order valence-corrected chi connectivity index (χ3v) is 5.93. The molecule has 0 radical (unpaired) electrons. The summed E-state index contributed by atoms with van der Waals surface area (Å²) in [5, 5.41) is 9.69. The lowest BCUT2D eigenvalue weighted by Crippen LogP contribution is -2.23. The van der Waals surface area contributed by atoms with E-state index >= 15 is 0 Å². The summed E-state index contributed by atoms with van der Waals surface area (Å²) in [5.41, 5.74) is 2.68. The highest BCUT2D eigenvalue weighted by atomic mass is 19.4. The summed E-state index contributed by atoms with van der Waals surface area (Å²) in [5.74, 6) is -0.731. The van der Waals surface area contributed by atoms with Gasteiger partial charge in [-0.3, -0.25) is 9.59 Å². The van der Waals surface area contributed by atoms with Crippen molar-refractivity contribution < 1.29 is 37.0 Å². The third-order valence-electron chi connectivity index (χ3n) is 5.93. The second-order valence-corrected chi connectivity index (χ2v) is 8.16. The molecule has 1 aliphatic heterocycles.